The summed E-state index contributed by atoms with van der Waals surface area (Å²) >= 11 is 0. The molecule has 2 aromatic rings. The number of carboxylic acid groups (broad SMARTS) is 1. The van der Waals surface area contributed by atoms with E-state index < -0.39 is 12.0 Å². The molecule has 0 saturated heterocycles. The lowest BCUT2D eigenvalue weighted by Gasteiger charge is -2.23. The number of aryl methyl sites for hydroxylation is 1. The molecule has 0 radical (unpaired) electrons. The highest BCUT2D eigenvalue weighted by molar-refractivity contribution is 5.75. The van der Waals surface area contributed by atoms with E-state index in [1.54, 1.807) is 42.3 Å². The van der Waals surface area contributed by atoms with Crippen molar-refractivity contribution < 1.29 is 19.5 Å². The van der Waals surface area contributed by atoms with Gasteiger partial charge in [0.25, 0.3) is 0 Å². The van der Waals surface area contributed by atoms with Gasteiger partial charge in [0.15, 0.2) is 5.76 Å². The highest BCUT2D eigenvalue weighted by atomic mass is 16.5. The van der Waals surface area contributed by atoms with Crippen LogP contribution in [0.15, 0.2) is 34.9 Å². The van der Waals surface area contributed by atoms with Gasteiger partial charge < -0.3 is 14.7 Å². The van der Waals surface area contributed by atoms with Crippen LogP contribution in [0.3, 0.4) is 0 Å². The fourth-order valence-corrected chi connectivity index (χ4v) is 2.22. The van der Waals surface area contributed by atoms with Gasteiger partial charge in [0, 0.05) is 6.07 Å². The van der Waals surface area contributed by atoms with Crippen LogP contribution < -0.4 is 0 Å². The molecule has 0 saturated carbocycles. The zero-order chi connectivity index (χ0) is 15.4. The first-order chi connectivity index (χ1) is 10.0. The second-order valence-corrected chi connectivity index (χ2v) is 4.99. The number of aliphatic hydroxyl groups excluding tert-OH is 1. The molecule has 0 amide bonds. The molecule has 0 bridgehead atoms. The average molecular weight is 290 g/mol. The predicted octanol–water partition coefficient (Wildman–Crippen LogP) is 1.73. The van der Waals surface area contributed by atoms with E-state index in [0.29, 0.717) is 17.9 Å². The Balaban J connectivity index is 2.18. The van der Waals surface area contributed by atoms with Crippen molar-refractivity contribution in [1.82, 2.24) is 10.1 Å². The largest absolute Gasteiger partial charge is 0.480 e. The molecule has 112 valence electrons. The second kappa shape index (κ2) is 6.51. The van der Waals surface area contributed by atoms with Crippen molar-refractivity contribution >= 4 is 5.97 Å². The first kappa shape index (κ1) is 15.2. The van der Waals surface area contributed by atoms with Crippen molar-refractivity contribution in [2.24, 2.45) is 0 Å². The van der Waals surface area contributed by atoms with E-state index in [0.717, 1.165) is 11.3 Å². The molecular weight excluding hydrogens is 272 g/mol. The standard InChI is InChI=1S/C15H18N2O4/c1-10-7-13(21-16-10)8-17(2)14(15(19)20)12-5-3-11(9-18)4-6-12/h3-7,14,18H,8-9H2,1-2H3,(H,19,20). The van der Waals surface area contributed by atoms with E-state index in [9.17, 15) is 9.90 Å². The Hall–Kier alpha value is -2.18. The fraction of sp³-hybridized carbons (Fsp3) is 0.333. The molecule has 0 aliphatic rings. The van der Waals surface area contributed by atoms with Crippen LogP contribution in [0.5, 0.6) is 0 Å². The van der Waals surface area contributed by atoms with E-state index in [1.165, 1.54) is 0 Å². The van der Waals surface area contributed by atoms with Crippen LogP contribution in [-0.4, -0.2) is 33.3 Å². The zero-order valence-corrected chi connectivity index (χ0v) is 12.0. The lowest BCUT2D eigenvalue weighted by Crippen LogP contribution is -2.30. The van der Waals surface area contributed by atoms with Gasteiger partial charge in [0.05, 0.1) is 18.8 Å². The van der Waals surface area contributed by atoms with Crippen molar-refractivity contribution in [2.75, 3.05) is 7.05 Å². The van der Waals surface area contributed by atoms with Crippen LogP contribution in [-0.2, 0) is 17.9 Å². The van der Waals surface area contributed by atoms with Gasteiger partial charge in [-0.3, -0.25) is 9.69 Å². The third kappa shape index (κ3) is 3.68. The molecule has 6 heteroatoms. The number of carbonyl (C=O) groups is 1. The number of rotatable bonds is 6. The number of hydrogen-bond acceptors (Lipinski definition) is 5. The number of nitrogens with zero attached hydrogens (tertiary/aromatic N) is 2. The number of likely N-dealkylation sites (N-methyl/N-ethyl adjacent to an activating group) is 1. The van der Waals surface area contributed by atoms with Gasteiger partial charge in [0.1, 0.15) is 6.04 Å². The maximum Gasteiger partial charge on any atom is 0.325 e. The molecule has 0 fully saturated rings. The topological polar surface area (TPSA) is 86.8 Å². The monoisotopic (exact) mass is 290 g/mol. The number of aliphatic hydroxyl groups is 1. The Morgan fingerprint density at radius 2 is 2.05 bits per heavy atom. The summed E-state index contributed by atoms with van der Waals surface area (Å²) in [7, 11) is 1.72. The van der Waals surface area contributed by atoms with Crippen LogP contribution in [0.2, 0.25) is 0 Å². The van der Waals surface area contributed by atoms with Crippen molar-refractivity contribution in [2.45, 2.75) is 26.1 Å². The zero-order valence-electron chi connectivity index (χ0n) is 12.0. The lowest BCUT2D eigenvalue weighted by molar-refractivity contribution is -0.143. The molecule has 21 heavy (non-hydrogen) atoms. The maximum atomic E-state index is 11.6. The normalized spacial score (nSPS) is 12.6. The molecule has 0 aliphatic heterocycles. The highest BCUT2D eigenvalue weighted by Gasteiger charge is 2.25. The highest BCUT2D eigenvalue weighted by Crippen LogP contribution is 2.22. The maximum absolute atomic E-state index is 11.6. The van der Waals surface area contributed by atoms with Crippen molar-refractivity contribution in [3.05, 3.63) is 52.9 Å². The van der Waals surface area contributed by atoms with Crippen LogP contribution in [0, 0.1) is 6.92 Å². The van der Waals surface area contributed by atoms with Crippen molar-refractivity contribution in [3.63, 3.8) is 0 Å². The Morgan fingerprint density at radius 3 is 2.52 bits per heavy atom. The first-order valence-corrected chi connectivity index (χ1v) is 6.56. The third-order valence-corrected chi connectivity index (χ3v) is 3.23. The molecule has 2 N–H and O–H groups in total. The summed E-state index contributed by atoms with van der Waals surface area (Å²) in [5, 5.41) is 22.3. The van der Waals surface area contributed by atoms with Gasteiger partial charge >= 0.3 is 5.97 Å². The van der Waals surface area contributed by atoms with Crippen molar-refractivity contribution in [3.8, 4) is 0 Å². The van der Waals surface area contributed by atoms with Gasteiger partial charge in [-0.1, -0.05) is 29.4 Å². The van der Waals surface area contributed by atoms with Gasteiger partial charge in [-0.25, -0.2) is 0 Å². The SMILES string of the molecule is Cc1cc(CN(C)C(C(=O)O)c2ccc(CO)cc2)on1. The van der Waals surface area contributed by atoms with Crippen LogP contribution in [0.4, 0.5) is 0 Å². The molecule has 2 rings (SSSR count). The van der Waals surface area contributed by atoms with Crippen LogP contribution in [0.25, 0.3) is 0 Å². The van der Waals surface area contributed by atoms with Gasteiger partial charge in [-0.05, 0) is 25.1 Å². The average Bonchev–Trinajstić information content (AvgIpc) is 2.84. The second-order valence-electron chi connectivity index (χ2n) is 4.99. The van der Waals surface area contributed by atoms with Gasteiger partial charge in [-0.15, -0.1) is 0 Å². The van der Waals surface area contributed by atoms with E-state index in [4.69, 9.17) is 9.63 Å². The summed E-state index contributed by atoms with van der Waals surface area (Å²) < 4.78 is 5.12. The summed E-state index contributed by atoms with van der Waals surface area (Å²) in [4.78, 5) is 13.2. The third-order valence-electron chi connectivity index (χ3n) is 3.23. The fourth-order valence-electron chi connectivity index (χ4n) is 2.22. The molecular formula is C15H18N2O4. The van der Waals surface area contributed by atoms with E-state index in [2.05, 4.69) is 5.16 Å². The predicted molar refractivity (Wildman–Crippen MR) is 75.4 cm³/mol. The summed E-state index contributed by atoms with van der Waals surface area (Å²) in [6.45, 7) is 2.10. The smallest absolute Gasteiger partial charge is 0.325 e. The Labute approximate surface area is 122 Å². The molecule has 6 nitrogen and oxygen atoms in total. The number of aliphatic carboxylic acids is 1. The molecule has 0 spiro atoms. The molecule has 1 heterocycles. The summed E-state index contributed by atoms with van der Waals surface area (Å²) in [6, 6.07) is 7.86. The summed E-state index contributed by atoms with van der Waals surface area (Å²) in [6.07, 6.45) is 0. The molecule has 1 aromatic carbocycles. The van der Waals surface area contributed by atoms with Crippen molar-refractivity contribution in [1.29, 1.82) is 0 Å². The molecule has 0 aliphatic carbocycles. The number of benzene rings is 1. The van der Waals surface area contributed by atoms with E-state index in [-0.39, 0.29) is 6.61 Å². The lowest BCUT2D eigenvalue weighted by atomic mass is 10.0. The summed E-state index contributed by atoms with van der Waals surface area (Å²) in [5.74, 6) is -0.321. The Bertz CT molecular complexity index is 606. The van der Waals surface area contributed by atoms with Gasteiger partial charge in [-0.2, -0.15) is 0 Å². The first-order valence-electron chi connectivity index (χ1n) is 6.56. The van der Waals surface area contributed by atoms with E-state index >= 15 is 0 Å². The quantitative estimate of drug-likeness (QED) is 0.842. The van der Waals surface area contributed by atoms with Gasteiger partial charge in [0.2, 0.25) is 0 Å². The minimum atomic E-state index is -0.939. The molecule has 1 aromatic heterocycles. The molecule has 1 atom stereocenters. The minimum absolute atomic E-state index is 0.0643. The number of hydrogen-bond donors (Lipinski definition) is 2. The Kier molecular flexibility index (Phi) is 4.72. The molecule has 1 unspecified atom stereocenters. The number of carboxylic acids is 1. The summed E-state index contributed by atoms with van der Waals surface area (Å²) in [5.41, 5.74) is 2.16. The number of aromatic nitrogens is 1. The van der Waals surface area contributed by atoms with Crippen LogP contribution in [0.1, 0.15) is 28.6 Å². The van der Waals surface area contributed by atoms with E-state index in [1.807, 2.05) is 6.92 Å². The Morgan fingerprint density at radius 1 is 1.38 bits per heavy atom. The van der Waals surface area contributed by atoms with Crippen LogP contribution >= 0.6 is 0 Å². The minimum Gasteiger partial charge on any atom is -0.480 e.